The Kier molecular flexibility index (Phi) is 6.93. The van der Waals surface area contributed by atoms with E-state index < -0.39 is 0 Å². The van der Waals surface area contributed by atoms with Gasteiger partial charge in [-0.2, -0.15) is 0 Å². The van der Waals surface area contributed by atoms with Crippen molar-refractivity contribution in [2.75, 3.05) is 18.4 Å². The van der Waals surface area contributed by atoms with Crippen molar-refractivity contribution >= 4 is 15.9 Å². The summed E-state index contributed by atoms with van der Waals surface area (Å²) in [5, 5.41) is 1.16. The molecule has 1 aliphatic rings. The van der Waals surface area contributed by atoms with Crippen molar-refractivity contribution < 1.29 is 0 Å². The van der Waals surface area contributed by atoms with E-state index in [1.54, 1.807) is 0 Å². The van der Waals surface area contributed by atoms with Gasteiger partial charge in [0.15, 0.2) is 0 Å². The summed E-state index contributed by atoms with van der Waals surface area (Å²) in [6.07, 6.45) is 13.7. The van der Waals surface area contributed by atoms with Gasteiger partial charge in [0.1, 0.15) is 5.82 Å². The Hall–Kier alpha value is -0.350. The van der Waals surface area contributed by atoms with E-state index in [4.69, 9.17) is 0 Å². The number of unbranched alkanes of at least 4 members (excludes halogenated alkanes) is 6. The summed E-state index contributed by atoms with van der Waals surface area (Å²) in [6.45, 7) is 4.59. The van der Waals surface area contributed by atoms with Crippen LogP contribution in [0.3, 0.4) is 0 Å². The lowest BCUT2D eigenvalue weighted by atomic mass is 10.1. The summed E-state index contributed by atoms with van der Waals surface area (Å²) in [5.41, 5.74) is 0. The van der Waals surface area contributed by atoms with Crippen molar-refractivity contribution in [3.8, 4) is 0 Å². The first-order valence-electron chi connectivity index (χ1n) is 7.68. The molecule has 0 atom stereocenters. The van der Waals surface area contributed by atoms with Crippen LogP contribution in [0.4, 0.5) is 0 Å². The van der Waals surface area contributed by atoms with Crippen LogP contribution in [0.2, 0.25) is 0 Å². The molecule has 108 valence electrons. The van der Waals surface area contributed by atoms with E-state index in [0.29, 0.717) is 0 Å². The summed E-state index contributed by atoms with van der Waals surface area (Å²) in [7, 11) is 0. The van der Waals surface area contributed by atoms with Crippen LogP contribution in [0, 0.1) is 0 Å². The molecule has 1 aromatic rings. The molecule has 0 fully saturated rings. The van der Waals surface area contributed by atoms with Crippen LogP contribution in [0.25, 0.3) is 0 Å². The first-order valence-corrected chi connectivity index (χ1v) is 8.80. The lowest BCUT2D eigenvalue weighted by molar-refractivity contribution is 0.212. The number of imidazole rings is 1. The molecule has 4 heteroatoms. The minimum atomic E-state index is 1.04. The summed E-state index contributed by atoms with van der Waals surface area (Å²) in [6, 6.07) is 0. The van der Waals surface area contributed by atoms with Gasteiger partial charge in [0.05, 0.1) is 6.54 Å². The molecule has 2 rings (SSSR count). The maximum absolute atomic E-state index is 4.41. The second-order valence-corrected chi connectivity index (χ2v) is 6.27. The van der Waals surface area contributed by atoms with E-state index in [0.717, 1.165) is 18.4 Å². The fraction of sp³-hybridized carbons (Fsp3) is 0.800. The van der Waals surface area contributed by atoms with Gasteiger partial charge in [-0.15, -0.1) is 0 Å². The molecule has 19 heavy (non-hydrogen) atoms. The Morgan fingerprint density at radius 2 is 1.74 bits per heavy atom. The lowest BCUT2D eigenvalue weighted by Gasteiger charge is -2.27. The number of nitrogens with zero attached hydrogens (tertiary/aromatic N) is 3. The molecule has 1 aliphatic heterocycles. The van der Waals surface area contributed by atoms with Crippen LogP contribution >= 0.6 is 15.9 Å². The lowest BCUT2D eigenvalue weighted by Crippen LogP contribution is -2.34. The normalized spacial score (nSPS) is 15.6. The smallest absolute Gasteiger partial charge is 0.122 e. The Balaban J connectivity index is 1.48. The fourth-order valence-electron chi connectivity index (χ4n) is 2.73. The molecule has 0 unspecified atom stereocenters. The molecule has 0 saturated carbocycles. The van der Waals surface area contributed by atoms with E-state index in [2.05, 4.69) is 36.6 Å². The molecule has 0 bridgehead atoms. The molecular formula is C15H26BrN3. The molecular weight excluding hydrogens is 302 g/mol. The van der Waals surface area contributed by atoms with Crippen LogP contribution in [-0.2, 0) is 13.1 Å². The van der Waals surface area contributed by atoms with Crippen molar-refractivity contribution in [3.05, 3.63) is 18.2 Å². The Morgan fingerprint density at radius 1 is 1.00 bits per heavy atom. The number of fused-ring (bicyclic) bond motifs is 1. The van der Waals surface area contributed by atoms with Crippen LogP contribution in [0.15, 0.2) is 12.4 Å². The minimum absolute atomic E-state index is 1.04. The van der Waals surface area contributed by atoms with Gasteiger partial charge in [0.25, 0.3) is 0 Å². The molecule has 0 spiro atoms. The third-order valence-electron chi connectivity index (χ3n) is 3.93. The van der Waals surface area contributed by atoms with Crippen molar-refractivity contribution in [3.63, 3.8) is 0 Å². The third kappa shape index (κ3) is 5.27. The molecule has 0 amide bonds. The second-order valence-electron chi connectivity index (χ2n) is 5.48. The average molecular weight is 328 g/mol. The predicted molar refractivity (Wildman–Crippen MR) is 83.6 cm³/mol. The summed E-state index contributed by atoms with van der Waals surface area (Å²) < 4.78 is 2.28. The standard InChI is InChI=1S/C15H26BrN3/c16-8-6-4-2-1-3-5-7-10-18-12-13-19-11-9-17-15(19)14-18/h9,11H,1-8,10,12-14H2. The maximum atomic E-state index is 4.41. The summed E-state index contributed by atoms with van der Waals surface area (Å²) >= 11 is 3.48. The van der Waals surface area contributed by atoms with Crippen LogP contribution in [-0.4, -0.2) is 32.9 Å². The molecule has 0 aliphatic carbocycles. The predicted octanol–water partition coefficient (Wildman–Crippen LogP) is 3.82. The van der Waals surface area contributed by atoms with Crippen LogP contribution < -0.4 is 0 Å². The average Bonchev–Trinajstić information content (AvgIpc) is 2.89. The first-order chi connectivity index (χ1) is 9.40. The van der Waals surface area contributed by atoms with E-state index >= 15 is 0 Å². The molecule has 3 nitrogen and oxygen atoms in total. The quantitative estimate of drug-likeness (QED) is 0.507. The van der Waals surface area contributed by atoms with E-state index in [1.807, 2.05) is 6.20 Å². The van der Waals surface area contributed by atoms with Crippen molar-refractivity contribution in [1.82, 2.24) is 14.5 Å². The zero-order valence-corrected chi connectivity index (χ0v) is 13.4. The number of alkyl halides is 1. The maximum Gasteiger partial charge on any atom is 0.122 e. The molecule has 2 heterocycles. The van der Waals surface area contributed by atoms with E-state index in [1.165, 1.54) is 63.9 Å². The van der Waals surface area contributed by atoms with Crippen molar-refractivity contribution in [1.29, 1.82) is 0 Å². The summed E-state index contributed by atoms with van der Waals surface area (Å²) in [5.74, 6) is 1.24. The zero-order valence-electron chi connectivity index (χ0n) is 11.9. The SMILES string of the molecule is BrCCCCCCCCCN1CCn2ccnc2C1. The number of hydrogen-bond acceptors (Lipinski definition) is 2. The highest BCUT2D eigenvalue weighted by Crippen LogP contribution is 2.12. The summed E-state index contributed by atoms with van der Waals surface area (Å²) in [4.78, 5) is 6.96. The van der Waals surface area contributed by atoms with Gasteiger partial charge in [0.2, 0.25) is 0 Å². The van der Waals surface area contributed by atoms with Gasteiger partial charge in [-0.3, -0.25) is 4.90 Å². The highest BCUT2D eigenvalue weighted by Gasteiger charge is 2.15. The number of halogens is 1. The van der Waals surface area contributed by atoms with Gasteiger partial charge < -0.3 is 4.57 Å². The second kappa shape index (κ2) is 8.75. The third-order valence-corrected chi connectivity index (χ3v) is 4.49. The topological polar surface area (TPSA) is 21.1 Å². The number of rotatable bonds is 9. The molecule has 0 saturated heterocycles. The van der Waals surface area contributed by atoms with Gasteiger partial charge in [-0.05, 0) is 19.4 Å². The molecule has 0 aromatic carbocycles. The molecule has 0 radical (unpaired) electrons. The van der Waals surface area contributed by atoms with Crippen LogP contribution in [0.5, 0.6) is 0 Å². The van der Waals surface area contributed by atoms with Gasteiger partial charge in [0, 0.05) is 30.8 Å². The monoisotopic (exact) mass is 327 g/mol. The van der Waals surface area contributed by atoms with Crippen molar-refractivity contribution in [2.45, 2.75) is 58.0 Å². The van der Waals surface area contributed by atoms with Crippen molar-refractivity contribution in [2.24, 2.45) is 0 Å². The van der Waals surface area contributed by atoms with Gasteiger partial charge in [-0.1, -0.05) is 48.0 Å². The van der Waals surface area contributed by atoms with Gasteiger partial charge >= 0.3 is 0 Å². The minimum Gasteiger partial charge on any atom is -0.333 e. The molecule has 1 aromatic heterocycles. The largest absolute Gasteiger partial charge is 0.333 e. The van der Waals surface area contributed by atoms with Gasteiger partial charge in [-0.25, -0.2) is 4.98 Å². The molecule has 0 N–H and O–H groups in total. The number of aromatic nitrogens is 2. The Bertz CT molecular complexity index is 351. The fourth-order valence-corrected chi connectivity index (χ4v) is 3.12. The zero-order chi connectivity index (χ0) is 13.3. The highest BCUT2D eigenvalue weighted by atomic mass is 79.9. The number of hydrogen-bond donors (Lipinski definition) is 0. The van der Waals surface area contributed by atoms with Crippen LogP contribution in [0.1, 0.15) is 50.8 Å². The Morgan fingerprint density at radius 3 is 2.53 bits per heavy atom. The first kappa shape index (κ1) is 15.0. The highest BCUT2D eigenvalue weighted by molar-refractivity contribution is 9.09. The van der Waals surface area contributed by atoms with E-state index in [-0.39, 0.29) is 0 Å². The Labute approximate surface area is 125 Å². The van der Waals surface area contributed by atoms with E-state index in [9.17, 15) is 0 Å².